The second-order valence-corrected chi connectivity index (χ2v) is 4.66. The van der Waals surface area contributed by atoms with E-state index in [1.807, 2.05) is 0 Å². The summed E-state index contributed by atoms with van der Waals surface area (Å²) in [5.74, 6) is 0.132. The van der Waals surface area contributed by atoms with Crippen LogP contribution in [0.25, 0.3) is 0 Å². The van der Waals surface area contributed by atoms with E-state index in [1.54, 1.807) is 30.3 Å². The number of carbonyl (C=O) groups is 1. The Morgan fingerprint density at radius 3 is 2.00 bits per heavy atom. The molecule has 4 nitrogen and oxygen atoms in total. The molecule has 19 heavy (non-hydrogen) atoms. The number of benzene rings is 2. The van der Waals surface area contributed by atoms with Gasteiger partial charge in [-0.3, -0.25) is 0 Å². The zero-order valence-corrected chi connectivity index (χ0v) is 11.2. The third-order valence-electron chi connectivity index (χ3n) is 2.25. The molecule has 3 N–H and O–H groups in total. The maximum atomic E-state index is 11.7. The van der Waals surface area contributed by atoms with Crippen LogP contribution in [0, 0.1) is 0 Å². The molecule has 0 fully saturated rings. The van der Waals surface area contributed by atoms with Gasteiger partial charge in [-0.05, 0) is 42.5 Å². The van der Waals surface area contributed by atoms with Gasteiger partial charge in [0.05, 0.1) is 0 Å². The normalized spacial score (nSPS) is 10.0. The predicted molar refractivity (Wildman–Crippen MR) is 77.2 cm³/mol. The maximum absolute atomic E-state index is 11.7. The van der Waals surface area contributed by atoms with Gasteiger partial charge in [0.2, 0.25) is 0 Å². The van der Waals surface area contributed by atoms with Crippen molar-refractivity contribution in [1.82, 2.24) is 0 Å². The van der Waals surface area contributed by atoms with Gasteiger partial charge >= 0.3 is 6.03 Å². The van der Waals surface area contributed by atoms with Crippen LogP contribution >= 0.6 is 23.2 Å². The van der Waals surface area contributed by atoms with E-state index in [0.29, 0.717) is 21.4 Å². The lowest BCUT2D eigenvalue weighted by atomic mass is 10.3. The third kappa shape index (κ3) is 4.05. The predicted octanol–water partition coefficient (Wildman–Crippen LogP) is 4.34. The summed E-state index contributed by atoms with van der Waals surface area (Å²) >= 11 is 11.7. The summed E-state index contributed by atoms with van der Waals surface area (Å²) in [6.07, 6.45) is 0. The zero-order valence-electron chi connectivity index (χ0n) is 9.65. The van der Waals surface area contributed by atoms with Crippen molar-refractivity contribution in [2.24, 2.45) is 0 Å². The van der Waals surface area contributed by atoms with Crippen LogP contribution in [-0.2, 0) is 0 Å². The lowest BCUT2D eigenvalue weighted by Gasteiger charge is -2.08. The Balaban J connectivity index is 2.03. The summed E-state index contributed by atoms with van der Waals surface area (Å²) in [5, 5.41) is 15.2. The van der Waals surface area contributed by atoms with E-state index in [4.69, 9.17) is 28.3 Å². The van der Waals surface area contributed by atoms with Crippen LogP contribution < -0.4 is 10.6 Å². The first kappa shape index (κ1) is 13.5. The number of phenols is 1. The van der Waals surface area contributed by atoms with E-state index in [1.165, 1.54) is 12.1 Å². The molecule has 0 radical (unpaired) electrons. The number of nitrogens with one attached hydrogen (secondary N) is 2. The molecule has 2 rings (SSSR count). The quantitative estimate of drug-likeness (QED) is 0.722. The fourth-order valence-electron chi connectivity index (χ4n) is 1.46. The monoisotopic (exact) mass is 296 g/mol. The van der Waals surface area contributed by atoms with Crippen molar-refractivity contribution in [1.29, 1.82) is 0 Å². The van der Waals surface area contributed by atoms with Crippen LogP contribution in [0.4, 0.5) is 16.2 Å². The van der Waals surface area contributed by atoms with Crippen LogP contribution in [0.1, 0.15) is 0 Å². The Bertz CT molecular complexity index is 580. The summed E-state index contributed by atoms with van der Waals surface area (Å²) < 4.78 is 0. The van der Waals surface area contributed by atoms with Crippen molar-refractivity contribution in [2.75, 3.05) is 10.6 Å². The Morgan fingerprint density at radius 2 is 1.42 bits per heavy atom. The Hall–Kier alpha value is -1.91. The molecule has 6 heteroatoms. The molecule has 0 unspecified atom stereocenters. The highest BCUT2D eigenvalue weighted by molar-refractivity contribution is 6.35. The van der Waals surface area contributed by atoms with Crippen molar-refractivity contribution >= 4 is 40.6 Å². The maximum Gasteiger partial charge on any atom is 0.323 e. The molecule has 0 heterocycles. The van der Waals surface area contributed by atoms with Gasteiger partial charge in [-0.1, -0.05) is 23.2 Å². The average Bonchev–Trinajstić information content (AvgIpc) is 2.30. The fraction of sp³-hybridized carbons (Fsp3) is 0. The number of hydrogen-bond acceptors (Lipinski definition) is 2. The lowest BCUT2D eigenvalue weighted by Crippen LogP contribution is -2.19. The van der Waals surface area contributed by atoms with Crippen molar-refractivity contribution < 1.29 is 9.90 Å². The van der Waals surface area contributed by atoms with Crippen LogP contribution in [-0.4, -0.2) is 11.1 Å². The molecule has 0 saturated carbocycles. The minimum absolute atomic E-state index is 0.132. The summed E-state index contributed by atoms with van der Waals surface area (Å²) in [6.45, 7) is 0. The standard InChI is InChI=1S/C13H10Cl2N2O2/c14-8-5-9(15)7-11(6-8)17-13(19)16-10-1-3-12(18)4-2-10/h1-7,18H,(H2,16,17,19). The number of hydrogen-bond donors (Lipinski definition) is 3. The van der Waals surface area contributed by atoms with E-state index in [0.717, 1.165) is 0 Å². The largest absolute Gasteiger partial charge is 0.508 e. The number of anilines is 2. The van der Waals surface area contributed by atoms with Gasteiger partial charge in [0.15, 0.2) is 0 Å². The highest BCUT2D eigenvalue weighted by atomic mass is 35.5. The second-order valence-electron chi connectivity index (χ2n) is 3.78. The molecular weight excluding hydrogens is 287 g/mol. The molecule has 0 saturated heterocycles. The number of amides is 2. The molecule has 0 aliphatic carbocycles. The average molecular weight is 297 g/mol. The van der Waals surface area contributed by atoms with E-state index >= 15 is 0 Å². The van der Waals surface area contributed by atoms with Crippen molar-refractivity contribution in [3.8, 4) is 5.75 Å². The van der Waals surface area contributed by atoms with Gasteiger partial charge in [0, 0.05) is 21.4 Å². The number of phenolic OH excluding ortho intramolecular Hbond substituents is 1. The smallest absolute Gasteiger partial charge is 0.323 e. The van der Waals surface area contributed by atoms with Crippen LogP contribution in [0.2, 0.25) is 10.0 Å². The molecule has 2 aromatic rings. The molecule has 0 spiro atoms. The first-order chi connectivity index (χ1) is 9.02. The summed E-state index contributed by atoms with van der Waals surface area (Å²) in [5.41, 5.74) is 1.05. The molecule has 0 aromatic heterocycles. The highest BCUT2D eigenvalue weighted by Gasteiger charge is 2.04. The van der Waals surface area contributed by atoms with Gasteiger partial charge in [0.25, 0.3) is 0 Å². The third-order valence-corrected chi connectivity index (χ3v) is 2.68. The first-order valence-corrected chi connectivity index (χ1v) is 6.12. The zero-order chi connectivity index (χ0) is 13.8. The van der Waals surface area contributed by atoms with Gasteiger partial charge in [0.1, 0.15) is 5.75 Å². The first-order valence-electron chi connectivity index (χ1n) is 5.36. The Labute approximate surface area is 120 Å². The number of carbonyl (C=O) groups excluding carboxylic acids is 1. The van der Waals surface area contributed by atoms with E-state index in [2.05, 4.69) is 10.6 Å². The summed E-state index contributed by atoms with van der Waals surface area (Å²) in [4.78, 5) is 11.7. The Morgan fingerprint density at radius 1 is 0.895 bits per heavy atom. The fourth-order valence-corrected chi connectivity index (χ4v) is 1.99. The molecule has 2 aromatic carbocycles. The van der Waals surface area contributed by atoms with Gasteiger partial charge in [-0.2, -0.15) is 0 Å². The van der Waals surface area contributed by atoms with Gasteiger partial charge in [-0.15, -0.1) is 0 Å². The van der Waals surface area contributed by atoms with Crippen molar-refractivity contribution in [2.45, 2.75) is 0 Å². The van der Waals surface area contributed by atoms with Crippen LogP contribution in [0.5, 0.6) is 5.75 Å². The summed E-state index contributed by atoms with van der Waals surface area (Å²) in [6, 6.07) is 10.4. The molecule has 0 atom stereocenters. The molecule has 0 aliphatic rings. The SMILES string of the molecule is O=C(Nc1ccc(O)cc1)Nc1cc(Cl)cc(Cl)c1. The number of rotatable bonds is 2. The highest BCUT2D eigenvalue weighted by Crippen LogP contribution is 2.22. The van der Waals surface area contributed by atoms with E-state index in [9.17, 15) is 4.79 Å². The van der Waals surface area contributed by atoms with Crippen molar-refractivity contribution in [3.63, 3.8) is 0 Å². The van der Waals surface area contributed by atoms with Gasteiger partial charge in [-0.25, -0.2) is 4.79 Å². The van der Waals surface area contributed by atoms with Crippen molar-refractivity contribution in [3.05, 3.63) is 52.5 Å². The summed E-state index contributed by atoms with van der Waals surface area (Å²) in [7, 11) is 0. The number of halogens is 2. The molecule has 0 aliphatic heterocycles. The van der Waals surface area contributed by atoms with Gasteiger partial charge < -0.3 is 15.7 Å². The molecule has 98 valence electrons. The van der Waals surface area contributed by atoms with E-state index < -0.39 is 6.03 Å². The lowest BCUT2D eigenvalue weighted by molar-refractivity contribution is 0.262. The van der Waals surface area contributed by atoms with Crippen LogP contribution in [0.15, 0.2) is 42.5 Å². The minimum atomic E-state index is -0.427. The minimum Gasteiger partial charge on any atom is -0.508 e. The molecular formula is C13H10Cl2N2O2. The Kier molecular flexibility index (Phi) is 4.14. The number of urea groups is 1. The van der Waals surface area contributed by atoms with Crippen LogP contribution in [0.3, 0.4) is 0 Å². The topological polar surface area (TPSA) is 61.4 Å². The van der Waals surface area contributed by atoms with E-state index in [-0.39, 0.29) is 5.75 Å². The second kappa shape index (κ2) is 5.82. The molecule has 2 amide bonds. The number of aromatic hydroxyl groups is 1. The molecule has 0 bridgehead atoms.